The number of anilines is 1. The molecule has 6 heteroatoms. The van der Waals surface area contributed by atoms with Gasteiger partial charge in [-0.15, -0.1) is 10.2 Å². The Morgan fingerprint density at radius 3 is 2.60 bits per heavy atom. The Hall–Kier alpha value is -1.95. The predicted octanol–water partition coefficient (Wildman–Crippen LogP) is 3.20. The Balaban J connectivity index is 2.23. The standard InChI is InChI=1S/C14H17N3O2S/c1-14(2,3)12(18)15-13-17-16-11(20-13)9-7-5-6-8-10(9)19-4/h5-8H,1-4H3,(H,15,17,18). The van der Waals surface area contributed by atoms with Crippen molar-refractivity contribution >= 4 is 22.4 Å². The molecule has 0 aliphatic carbocycles. The summed E-state index contributed by atoms with van der Waals surface area (Å²) in [5, 5.41) is 12.1. The van der Waals surface area contributed by atoms with Crippen molar-refractivity contribution in [2.24, 2.45) is 5.41 Å². The van der Waals surface area contributed by atoms with Crippen molar-refractivity contribution in [1.29, 1.82) is 0 Å². The van der Waals surface area contributed by atoms with Gasteiger partial charge in [-0.05, 0) is 12.1 Å². The molecule has 0 radical (unpaired) electrons. The number of carbonyl (C=O) groups is 1. The first kappa shape index (κ1) is 14.5. The van der Waals surface area contributed by atoms with Gasteiger partial charge in [0.25, 0.3) is 0 Å². The number of rotatable bonds is 3. The maximum absolute atomic E-state index is 11.9. The number of amides is 1. The number of nitrogens with zero attached hydrogens (tertiary/aromatic N) is 2. The molecule has 1 amide bonds. The summed E-state index contributed by atoms with van der Waals surface area (Å²) < 4.78 is 5.30. The summed E-state index contributed by atoms with van der Waals surface area (Å²) in [6, 6.07) is 7.58. The Kier molecular flexibility index (Phi) is 4.04. The summed E-state index contributed by atoms with van der Waals surface area (Å²) >= 11 is 1.33. The van der Waals surface area contributed by atoms with Crippen molar-refractivity contribution in [2.75, 3.05) is 12.4 Å². The highest BCUT2D eigenvalue weighted by atomic mass is 32.1. The maximum atomic E-state index is 11.9. The third-order valence-electron chi connectivity index (χ3n) is 2.66. The van der Waals surface area contributed by atoms with Gasteiger partial charge < -0.3 is 10.1 Å². The Morgan fingerprint density at radius 1 is 1.25 bits per heavy atom. The number of nitrogens with one attached hydrogen (secondary N) is 1. The summed E-state index contributed by atoms with van der Waals surface area (Å²) in [7, 11) is 1.61. The minimum atomic E-state index is -0.462. The van der Waals surface area contributed by atoms with E-state index in [1.807, 2.05) is 45.0 Å². The van der Waals surface area contributed by atoms with Gasteiger partial charge in [-0.1, -0.05) is 44.2 Å². The lowest BCUT2D eigenvalue weighted by Crippen LogP contribution is -2.27. The van der Waals surface area contributed by atoms with Gasteiger partial charge in [0.2, 0.25) is 11.0 Å². The van der Waals surface area contributed by atoms with Crippen molar-refractivity contribution in [3.63, 3.8) is 0 Å². The zero-order valence-electron chi connectivity index (χ0n) is 11.9. The molecule has 0 atom stereocenters. The molecule has 0 saturated heterocycles. The molecule has 1 aromatic carbocycles. The number of carbonyl (C=O) groups excluding carboxylic acids is 1. The Bertz CT molecular complexity index is 617. The first-order valence-corrected chi connectivity index (χ1v) is 7.02. The van der Waals surface area contributed by atoms with Crippen LogP contribution in [0.25, 0.3) is 10.6 Å². The molecule has 1 heterocycles. The molecule has 0 unspecified atom stereocenters. The average molecular weight is 291 g/mol. The minimum absolute atomic E-state index is 0.0831. The van der Waals surface area contributed by atoms with Crippen molar-refractivity contribution < 1.29 is 9.53 Å². The molecule has 2 aromatic rings. The zero-order chi connectivity index (χ0) is 14.8. The molecule has 0 bridgehead atoms. The Morgan fingerprint density at radius 2 is 1.95 bits per heavy atom. The highest BCUT2D eigenvalue weighted by Gasteiger charge is 2.22. The fourth-order valence-electron chi connectivity index (χ4n) is 1.49. The second-order valence-corrected chi connectivity index (χ2v) is 6.29. The first-order valence-electron chi connectivity index (χ1n) is 6.20. The van der Waals surface area contributed by atoms with E-state index in [0.29, 0.717) is 10.1 Å². The van der Waals surface area contributed by atoms with Crippen molar-refractivity contribution in [2.45, 2.75) is 20.8 Å². The average Bonchev–Trinajstić information content (AvgIpc) is 2.86. The molecule has 106 valence electrons. The SMILES string of the molecule is COc1ccccc1-c1nnc(NC(=O)C(C)(C)C)s1. The molecular weight excluding hydrogens is 274 g/mol. The van der Waals surface area contributed by atoms with E-state index < -0.39 is 5.41 Å². The van der Waals surface area contributed by atoms with Gasteiger partial charge in [-0.2, -0.15) is 0 Å². The molecule has 0 spiro atoms. The van der Waals surface area contributed by atoms with E-state index in [1.54, 1.807) is 7.11 Å². The molecule has 1 N–H and O–H groups in total. The van der Waals surface area contributed by atoms with Gasteiger partial charge in [-0.25, -0.2) is 0 Å². The normalized spacial score (nSPS) is 11.2. The van der Waals surface area contributed by atoms with Crippen LogP contribution in [-0.2, 0) is 4.79 Å². The van der Waals surface area contributed by atoms with Crippen LogP contribution < -0.4 is 10.1 Å². The molecule has 20 heavy (non-hydrogen) atoms. The largest absolute Gasteiger partial charge is 0.496 e. The van der Waals surface area contributed by atoms with Crippen LogP contribution >= 0.6 is 11.3 Å². The van der Waals surface area contributed by atoms with Gasteiger partial charge in [0.15, 0.2) is 5.01 Å². The van der Waals surface area contributed by atoms with Gasteiger partial charge in [-0.3, -0.25) is 4.79 Å². The van der Waals surface area contributed by atoms with Crippen molar-refractivity contribution in [3.05, 3.63) is 24.3 Å². The third-order valence-corrected chi connectivity index (χ3v) is 3.54. The van der Waals surface area contributed by atoms with Gasteiger partial charge in [0.1, 0.15) is 5.75 Å². The molecule has 5 nitrogen and oxygen atoms in total. The fourth-order valence-corrected chi connectivity index (χ4v) is 2.26. The van der Waals surface area contributed by atoms with E-state index in [-0.39, 0.29) is 5.91 Å². The quantitative estimate of drug-likeness (QED) is 0.943. The van der Waals surface area contributed by atoms with Crippen LogP contribution in [0.1, 0.15) is 20.8 Å². The van der Waals surface area contributed by atoms with Crippen LogP contribution in [0.5, 0.6) is 5.75 Å². The number of ether oxygens (including phenoxy) is 1. The number of hydrogen-bond donors (Lipinski definition) is 1. The second kappa shape index (κ2) is 5.58. The summed E-state index contributed by atoms with van der Waals surface area (Å²) in [6.45, 7) is 5.56. The van der Waals surface area contributed by atoms with Crippen LogP contribution in [0.4, 0.5) is 5.13 Å². The summed E-state index contributed by atoms with van der Waals surface area (Å²) in [4.78, 5) is 11.9. The summed E-state index contributed by atoms with van der Waals surface area (Å²) in [5.41, 5.74) is 0.403. The molecule has 0 saturated carbocycles. The van der Waals surface area contributed by atoms with Gasteiger partial charge >= 0.3 is 0 Å². The van der Waals surface area contributed by atoms with E-state index in [9.17, 15) is 4.79 Å². The number of benzene rings is 1. The smallest absolute Gasteiger partial charge is 0.231 e. The zero-order valence-corrected chi connectivity index (χ0v) is 12.7. The van der Waals surface area contributed by atoms with E-state index in [1.165, 1.54) is 11.3 Å². The van der Waals surface area contributed by atoms with Crippen LogP contribution in [0.2, 0.25) is 0 Å². The highest BCUT2D eigenvalue weighted by molar-refractivity contribution is 7.18. The van der Waals surface area contributed by atoms with E-state index in [2.05, 4.69) is 15.5 Å². The lowest BCUT2D eigenvalue weighted by molar-refractivity contribution is -0.123. The Labute approximate surface area is 122 Å². The fraction of sp³-hybridized carbons (Fsp3) is 0.357. The molecule has 2 rings (SSSR count). The highest BCUT2D eigenvalue weighted by Crippen LogP contribution is 2.33. The molecule has 0 aliphatic heterocycles. The number of para-hydroxylation sites is 1. The third kappa shape index (κ3) is 3.14. The summed E-state index contributed by atoms with van der Waals surface area (Å²) in [6.07, 6.45) is 0. The van der Waals surface area contributed by atoms with Crippen LogP contribution in [0, 0.1) is 5.41 Å². The second-order valence-electron chi connectivity index (χ2n) is 5.32. The lowest BCUT2D eigenvalue weighted by Gasteiger charge is -2.15. The lowest BCUT2D eigenvalue weighted by atomic mass is 9.96. The molecule has 1 aromatic heterocycles. The number of hydrogen-bond acceptors (Lipinski definition) is 5. The molecule has 0 fully saturated rings. The van der Waals surface area contributed by atoms with E-state index >= 15 is 0 Å². The van der Waals surface area contributed by atoms with Gasteiger partial charge in [0.05, 0.1) is 12.7 Å². The van der Waals surface area contributed by atoms with Crippen LogP contribution in [0.3, 0.4) is 0 Å². The maximum Gasteiger partial charge on any atom is 0.231 e. The number of aromatic nitrogens is 2. The van der Waals surface area contributed by atoms with Crippen LogP contribution in [-0.4, -0.2) is 23.2 Å². The van der Waals surface area contributed by atoms with Gasteiger partial charge in [0, 0.05) is 5.41 Å². The number of methoxy groups -OCH3 is 1. The first-order chi connectivity index (χ1) is 9.41. The minimum Gasteiger partial charge on any atom is -0.496 e. The predicted molar refractivity (Wildman–Crippen MR) is 80.0 cm³/mol. The van der Waals surface area contributed by atoms with E-state index in [4.69, 9.17) is 4.74 Å². The van der Waals surface area contributed by atoms with Crippen molar-refractivity contribution in [1.82, 2.24) is 10.2 Å². The molecule has 0 aliphatic rings. The monoisotopic (exact) mass is 291 g/mol. The molecular formula is C14H17N3O2S. The van der Waals surface area contributed by atoms with E-state index in [0.717, 1.165) is 11.3 Å². The topological polar surface area (TPSA) is 64.1 Å². The van der Waals surface area contributed by atoms with Crippen molar-refractivity contribution in [3.8, 4) is 16.3 Å². The summed E-state index contributed by atoms with van der Waals surface area (Å²) in [5.74, 6) is 0.651. The van der Waals surface area contributed by atoms with Crippen LogP contribution in [0.15, 0.2) is 24.3 Å².